The second kappa shape index (κ2) is 12.3. The second-order valence-corrected chi connectivity index (χ2v) is 8.25. The van der Waals surface area contributed by atoms with Crippen molar-refractivity contribution in [2.24, 2.45) is 0 Å². The molecule has 29 heavy (non-hydrogen) atoms. The summed E-state index contributed by atoms with van der Waals surface area (Å²) in [5, 5.41) is 35.7. The maximum Gasteiger partial charge on any atom is 0.121 e. The molecule has 0 aromatic heterocycles. The minimum absolute atomic E-state index is 0.117. The Bertz CT molecular complexity index is 683. The first-order valence-corrected chi connectivity index (χ1v) is 10.2. The number of aromatic hydroxyl groups is 2. The second-order valence-electron chi connectivity index (χ2n) is 7.01. The van der Waals surface area contributed by atoms with Gasteiger partial charge in [0.2, 0.25) is 0 Å². The van der Waals surface area contributed by atoms with Gasteiger partial charge in [0.25, 0.3) is 0 Å². The lowest BCUT2D eigenvalue weighted by atomic mass is 9.96. The highest BCUT2D eigenvalue weighted by Gasteiger charge is 2.09. The van der Waals surface area contributed by atoms with Gasteiger partial charge in [0.1, 0.15) is 11.5 Å². The van der Waals surface area contributed by atoms with Gasteiger partial charge in [-0.1, -0.05) is 0 Å². The Kier molecular flexibility index (Phi) is 10.8. The van der Waals surface area contributed by atoms with Gasteiger partial charge in [0, 0.05) is 0 Å². The summed E-state index contributed by atoms with van der Waals surface area (Å²) in [6, 6.07) is 7.86. The maximum atomic E-state index is 9.79. The van der Waals surface area contributed by atoms with Crippen molar-refractivity contribution in [2.75, 3.05) is 26.4 Å². The highest BCUT2D eigenvalue weighted by atomic mass is 35.5. The first-order valence-electron chi connectivity index (χ1n) is 9.29. The molecule has 2 aromatic rings. The fraction of sp³-hybridized carbons (Fsp3) is 0.455. The highest BCUT2D eigenvalue weighted by molar-refractivity contribution is 6.21. The molecule has 0 amide bonds. The van der Waals surface area contributed by atoms with E-state index in [9.17, 15) is 10.2 Å². The number of benzene rings is 2. The van der Waals surface area contributed by atoms with Crippen molar-refractivity contribution in [1.82, 2.24) is 0 Å². The van der Waals surface area contributed by atoms with Crippen molar-refractivity contribution < 1.29 is 25.2 Å². The molecule has 162 valence electrons. The number of phenolic OH excluding ortho intramolecular Hbond substituents is 2. The third-order valence-electron chi connectivity index (χ3n) is 4.31. The van der Waals surface area contributed by atoms with Crippen LogP contribution in [-0.2, 0) is 4.74 Å². The summed E-state index contributed by atoms with van der Waals surface area (Å²) < 4.78 is 4.96. The summed E-state index contributed by atoms with van der Waals surface area (Å²) in [4.78, 5) is 0. The third-order valence-corrected chi connectivity index (χ3v) is 4.84. The Morgan fingerprint density at radius 3 is 1.21 bits per heavy atom. The fourth-order valence-corrected chi connectivity index (χ4v) is 2.85. The topological polar surface area (TPSA) is 90.2 Å². The quantitative estimate of drug-likeness (QED) is 0.480. The lowest BCUT2D eigenvalue weighted by molar-refractivity contribution is 0.107. The van der Waals surface area contributed by atoms with Crippen LogP contribution in [0.15, 0.2) is 24.3 Å². The van der Waals surface area contributed by atoms with E-state index in [1.54, 1.807) is 0 Å². The number of halogens is 2. The van der Waals surface area contributed by atoms with Crippen LogP contribution in [0.4, 0.5) is 0 Å². The van der Waals surface area contributed by atoms with Gasteiger partial charge in [-0.2, -0.15) is 0 Å². The van der Waals surface area contributed by atoms with Crippen LogP contribution in [-0.4, -0.2) is 57.6 Å². The first-order chi connectivity index (χ1) is 13.6. The van der Waals surface area contributed by atoms with Gasteiger partial charge < -0.3 is 25.2 Å². The predicted octanol–water partition coefficient (Wildman–Crippen LogP) is 4.20. The van der Waals surface area contributed by atoms with Crippen LogP contribution in [0, 0.1) is 27.7 Å². The number of rotatable bonds is 7. The molecule has 2 aromatic carbocycles. The molecule has 0 aliphatic heterocycles. The highest BCUT2D eigenvalue weighted by Crippen LogP contribution is 2.32. The molecule has 2 unspecified atom stereocenters. The van der Waals surface area contributed by atoms with Crippen molar-refractivity contribution in [1.29, 1.82) is 0 Å². The van der Waals surface area contributed by atoms with Crippen LogP contribution >= 0.6 is 23.2 Å². The first kappa shape index (κ1) is 25.5. The number of aryl methyl sites for hydroxylation is 4. The Balaban J connectivity index is 0.000000331. The number of ether oxygens (including phenoxy) is 1. The van der Waals surface area contributed by atoms with E-state index in [4.69, 9.17) is 38.2 Å². The van der Waals surface area contributed by atoms with Crippen LogP contribution in [0.1, 0.15) is 22.3 Å². The molecule has 0 heterocycles. The van der Waals surface area contributed by atoms with Crippen molar-refractivity contribution in [3.8, 4) is 22.6 Å². The normalized spacial score (nSPS) is 12.8. The van der Waals surface area contributed by atoms with Gasteiger partial charge in [0.05, 0.1) is 37.2 Å². The van der Waals surface area contributed by atoms with E-state index < -0.39 is 10.8 Å². The molecular weight excluding hydrogens is 415 g/mol. The van der Waals surface area contributed by atoms with Crippen molar-refractivity contribution in [2.45, 2.75) is 38.4 Å². The molecule has 0 aliphatic carbocycles. The number of hydrogen-bond acceptors (Lipinski definition) is 5. The SMILES string of the molecule is Cc1cc(-c2cc(C)c(O)c(C)c2)cc(C)c1O.OCC(Cl)COCC(Cl)CO. The van der Waals surface area contributed by atoms with Crippen molar-refractivity contribution in [3.05, 3.63) is 46.5 Å². The average Bonchev–Trinajstić information content (AvgIpc) is 2.69. The molecule has 0 fully saturated rings. The van der Waals surface area contributed by atoms with E-state index in [-0.39, 0.29) is 26.4 Å². The molecule has 5 nitrogen and oxygen atoms in total. The fourth-order valence-electron chi connectivity index (χ4n) is 2.67. The van der Waals surface area contributed by atoms with Crippen LogP contribution in [0.3, 0.4) is 0 Å². The number of alkyl halides is 2. The molecule has 0 radical (unpaired) electrons. The van der Waals surface area contributed by atoms with E-state index >= 15 is 0 Å². The number of aliphatic hydroxyl groups excluding tert-OH is 2. The van der Waals surface area contributed by atoms with Gasteiger partial charge in [-0.05, 0) is 85.3 Å². The van der Waals surface area contributed by atoms with Gasteiger partial charge >= 0.3 is 0 Å². The number of aliphatic hydroxyl groups is 2. The lowest BCUT2D eigenvalue weighted by Crippen LogP contribution is -2.19. The molecule has 2 atom stereocenters. The zero-order chi connectivity index (χ0) is 22.1. The van der Waals surface area contributed by atoms with Gasteiger partial charge in [-0.25, -0.2) is 0 Å². The van der Waals surface area contributed by atoms with E-state index in [0.717, 1.165) is 33.4 Å². The van der Waals surface area contributed by atoms with Crippen LogP contribution < -0.4 is 0 Å². The van der Waals surface area contributed by atoms with Crippen LogP contribution in [0.25, 0.3) is 11.1 Å². The minimum atomic E-state index is -0.391. The van der Waals surface area contributed by atoms with Crippen molar-refractivity contribution >= 4 is 23.2 Å². The molecular formula is C22H30Cl2O5. The summed E-state index contributed by atoms with van der Waals surface area (Å²) in [7, 11) is 0. The summed E-state index contributed by atoms with van der Waals surface area (Å²) in [6.45, 7) is 7.85. The zero-order valence-corrected chi connectivity index (χ0v) is 18.8. The Hall–Kier alpha value is -1.50. The van der Waals surface area contributed by atoms with E-state index in [1.165, 1.54) is 0 Å². The minimum Gasteiger partial charge on any atom is -0.507 e. The summed E-state index contributed by atoms with van der Waals surface area (Å²) in [5.41, 5.74) is 5.60. The smallest absolute Gasteiger partial charge is 0.121 e. The van der Waals surface area contributed by atoms with Crippen molar-refractivity contribution in [3.63, 3.8) is 0 Å². The Morgan fingerprint density at radius 1 is 0.690 bits per heavy atom. The molecule has 0 aliphatic rings. The van der Waals surface area contributed by atoms with Gasteiger partial charge in [0.15, 0.2) is 0 Å². The maximum absolute atomic E-state index is 9.79. The summed E-state index contributed by atoms with van der Waals surface area (Å²) in [5.74, 6) is 0.706. The van der Waals surface area contributed by atoms with Gasteiger partial charge in [-0.15, -0.1) is 23.2 Å². The molecule has 0 saturated carbocycles. The van der Waals surface area contributed by atoms with E-state index in [1.807, 2.05) is 52.0 Å². The van der Waals surface area contributed by atoms with E-state index in [0.29, 0.717) is 11.5 Å². The molecule has 7 heteroatoms. The third kappa shape index (κ3) is 8.03. The summed E-state index contributed by atoms with van der Waals surface area (Å²) in [6.07, 6.45) is 0. The average molecular weight is 445 g/mol. The van der Waals surface area contributed by atoms with Crippen LogP contribution in [0.5, 0.6) is 11.5 Å². The predicted molar refractivity (Wildman–Crippen MR) is 118 cm³/mol. The monoisotopic (exact) mass is 444 g/mol. The number of hydrogen-bond donors (Lipinski definition) is 4. The largest absolute Gasteiger partial charge is 0.507 e. The van der Waals surface area contributed by atoms with Crippen LogP contribution in [0.2, 0.25) is 0 Å². The lowest BCUT2D eigenvalue weighted by Gasteiger charge is -2.11. The Labute approximate surface area is 182 Å². The van der Waals surface area contributed by atoms with Gasteiger partial charge in [-0.3, -0.25) is 0 Å². The standard InChI is InChI=1S/C16H18O2.C6H12Cl2O3/c1-9-5-13(6-10(2)15(9)17)14-7-11(3)16(18)12(4)8-14;7-5(1-9)3-11-4-6(8)2-10/h5-8,17-18H,1-4H3;5-6,9-10H,1-4H2. The molecule has 0 bridgehead atoms. The molecule has 0 saturated heterocycles. The zero-order valence-electron chi connectivity index (χ0n) is 17.2. The number of phenols is 2. The molecule has 0 spiro atoms. The Morgan fingerprint density at radius 2 is 0.966 bits per heavy atom. The molecule has 2 rings (SSSR count). The molecule has 4 N–H and O–H groups in total. The van der Waals surface area contributed by atoms with E-state index in [2.05, 4.69) is 0 Å². The summed E-state index contributed by atoms with van der Waals surface area (Å²) >= 11 is 11.0.